The van der Waals surface area contributed by atoms with E-state index < -0.39 is 10.0 Å². The smallest absolute Gasteiger partial charge is 0.240 e. The average molecular weight is 489 g/mol. The first-order chi connectivity index (χ1) is 16.2. The van der Waals surface area contributed by atoms with Crippen LogP contribution in [0.25, 0.3) is 0 Å². The Morgan fingerprint density at radius 2 is 1.76 bits per heavy atom. The molecule has 1 saturated carbocycles. The maximum atomic E-state index is 14.0. The number of carbonyl (C=O) groups excluding carboxylic acids is 1. The number of hydrogen-bond acceptors (Lipinski definition) is 5. The number of benzene rings is 2. The number of hydrogen-bond donors (Lipinski definition) is 2. The molecule has 184 valence electrons. The Bertz CT molecular complexity index is 1110. The van der Waals surface area contributed by atoms with Crippen molar-refractivity contribution in [2.75, 3.05) is 38.1 Å². The highest BCUT2D eigenvalue weighted by Crippen LogP contribution is 2.28. The maximum absolute atomic E-state index is 14.0. The maximum Gasteiger partial charge on any atom is 0.240 e. The molecule has 7 nitrogen and oxygen atoms in total. The van der Waals surface area contributed by atoms with Gasteiger partial charge in [0.05, 0.1) is 10.9 Å². The van der Waals surface area contributed by atoms with Crippen LogP contribution in [0.5, 0.6) is 0 Å². The first kappa shape index (κ1) is 24.6. The van der Waals surface area contributed by atoms with Gasteiger partial charge in [-0.3, -0.25) is 4.79 Å². The molecule has 2 aromatic carbocycles. The molecule has 34 heavy (non-hydrogen) atoms. The van der Waals surface area contributed by atoms with Crippen molar-refractivity contribution < 1.29 is 17.6 Å². The van der Waals surface area contributed by atoms with E-state index in [1.807, 2.05) is 6.92 Å². The van der Waals surface area contributed by atoms with E-state index >= 15 is 0 Å². The first-order valence-electron chi connectivity index (χ1n) is 11.8. The molecule has 1 saturated heterocycles. The van der Waals surface area contributed by atoms with Crippen molar-refractivity contribution in [1.82, 2.24) is 14.9 Å². The van der Waals surface area contributed by atoms with Gasteiger partial charge in [0, 0.05) is 49.9 Å². The lowest BCUT2D eigenvalue weighted by molar-refractivity contribution is -0.121. The van der Waals surface area contributed by atoms with E-state index in [9.17, 15) is 17.6 Å². The zero-order chi connectivity index (χ0) is 24.3. The van der Waals surface area contributed by atoms with Gasteiger partial charge in [0.25, 0.3) is 0 Å². The lowest BCUT2D eigenvalue weighted by Gasteiger charge is -2.36. The van der Waals surface area contributed by atoms with E-state index in [4.69, 9.17) is 0 Å². The van der Waals surface area contributed by atoms with Crippen LogP contribution in [0.4, 0.5) is 10.1 Å². The highest BCUT2D eigenvalue weighted by molar-refractivity contribution is 7.89. The molecule has 0 spiro atoms. The largest absolute Gasteiger partial charge is 0.369 e. The van der Waals surface area contributed by atoms with E-state index in [1.54, 1.807) is 30.3 Å². The highest BCUT2D eigenvalue weighted by atomic mass is 32.2. The number of sulfonamides is 1. The van der Waals surface area contributed by atoms with Crippen molar-refractivity contribution in [3.63, 3.8) is 0 Å². The Labute approximate surface area is 201 Å². The second kappa shape index (κ2) is 10.4. The number of nitrogens with one attached hydrogen (secondary N) is 2. The van der Waals surface area contributed by atoms with Gasteiger partial charge in [-0.15, -0.1) is 0 Å². The molecule has 0 aromatic heterocycles. The minimum Gasteiger partial charge on any atom is -0.369 e. The molecule has 1 heterocycles. The monoisotopic (exact) mass is 488 g/mol. The van der Waals surface area contributed by atoms with Crippen LogP contribution in [0.2, 0.25) is 0 Å². The predicted molar refractivity (Wildman–Crippen MR) is 131 cm³/mol. The third kappa shape index (κ3) is 6.34. The van der Waals surface area contributed by atoms with Crippen molar-refractivity contribution >= 4 is 21.6 Å². The number of likely N-dealkylation sites (N-methyl/N-ethyl adjacent to an activating group) is 1. The van der Waals surface area contributed by atoms with Gasteiger partial charge in [-0.2, -0.15) is 0 Å². The Kier molecular flexibility index (Phi) is 7.54. The van der Waals surface area contributed by atoms with Gasteiger partial charge >= 0.3 is 0 Å². The van der Waals surface area contributed by atoms with E-state index in [2.05, 4.69) is 26.9 Å². The number of rotatable bonds is 9. The van der Waals surface area contributed by atoms with Crippen LogP contribution in [-0.4, -0.2) is 58.5 Å². The molecule has 2 fully saturated rings. The molecule has 1 amide bonds. The molecule has 1 atom stereocenters. The fraction of sp³-hybridized carbons (Fsp3) is 0.480. The fourth-order valence-corrected chi connectivity index (χ4v) is 5.49. The van der Waals surface area contributed by atoms with Crippen LogP contribution in [0.3, 0.4) is 0 Å². The molecule has 2 N–H and O–H groups in total. The van der Waals surface area contributed by atoms with Crippen LogP contribution >= 0.6 is 0 Å². The molecular formula is C25H33FN4O3S. The van der Waals surface area contributed by atoms with Gasteiger partial charge in [-0.25, -0.2) is 17.5 Å². The molecule has 1 unspecified atom stereocenters. The minimum atomic E-state index is -3.48. The number of anilines is 1. The Hall–Kier alpha value is -2.49. The molecule has 2 aromatic rings. The van der Waals surface area contributed by atoms with Gasteiger partial charge in [0.1, 0.15) is 5.82 Å². The SMILES string of the molecule is CC(NC(=O)CCc1ccc(S(=O)(=O)NC2CC2)cc1)c1cc(F)ccc1N1CCN(C)CC1. The van der Waals surface area contributed by atoms with E-state index in [-0.39, 0.29) is 35.1 Å². The second-order valence-corrected chi connectivity index (χ2v) is 11.0. The van der Waals surface area contributed by atoms with E-state index in [1.165, 1.54) is 12.1 Å². The van der Waals surface area contributed by atoms with Gasteiger partial charge in [-0.05, 0) is 69.1 Å². The Balaban J connectivity index is 1.34. The van der Waals surface area contributed by atoms with Crippen LogP contribution in [0.15, 0.2) is 47.4 Å². The summed E-state index contributed by atoms with van der Waals surface area (Å²) >= 11 is 0. The van der Waals surface area contributed by atoms with Crippen molar-refractivity contribution in [3.8, 4) is 0 Å². The molecule has 1 aliphatic heterocycles. The van der Waals surface area contributed by atoms with Gasteiger partial charge < -0.3 is 15.1 Å². The number of carbonyl (C=O) groups is 1. The summed E-state index contributed by atoms with van der Waals surface area (Å²) in [4.78, 5) is 17.4. The second-order valence-electron chi connectivity index (χ2n) is 9.32. The number of amides is 1. The summed E-state index contributed by atoms with van der Waals surface area (Å²) < 4.78 is 41.3. The fourth-order valence-electron chi connectivity index (χ4n) is 4.18. The summed E-state index contributed by atoms with van der Waals surface area (Å²) in [6.45, 7) is 5.47. The molecule has 9 heteroatoms. The zero-order valence-corrected chi connectivity index (χ0v) is 20.6. The normalized spacial score (nSPS) is 18.0. The van der Waals surface area contributed by atoms with Gasteiger partial charge in [0.15, 0.2) is 0 Å². The molecule has 1 aliphatic carbocycles. The third-order valence-corrected chi connectivity index (χ3v) is 7.99. The summed E-state index contributed by atoms with van der Waals surface area (Å²) in [6.07, 6.45) is 2.52. The van der Waals surface area contributed by atoms with E-state index in [0.717, 1.165) is 55.8 Å². The molecule has 0 radical (unpaired) electrons. The van der Waals surface area contributed by atoms with Crippen molar-refractivity contribution in [1.29, 1.82) is 0 Å². The quantitative estimate of drug-likeness (QED) is 0.567. The lowest BCUT2D eigenvalue weighted by atomic mass is 10.0. The molecule has 4 rings (SSSR count). The zero-order valence-electron chi connectivity index (χ0n) is 19.8. The molecule has 0 bridgehead atoms. The van der Waals surface area contributed by atoms with Crippen LogP contribution < -0.4 is 14.9 Å². The summed E-state index contributed by atoms with van der Waals surface area (Å²) in [5.74, 6) is -0.451. The summed E-state index contributed by atoms with van der Waals surface area (Å²) in [7, 11) is -1.39. The Morgan fingerprint density at radius 1 is 1.09 bits per heavy atom. The minimum absolute atomic E-state index is 0.0604. The number of piperazine rings is 1. The lowest BCUT2D eigenvalue weighted by Crippen LogP contribution is -2.45. The summed E-state index contributed by atoms with van der Waals surface area (Å²) in [5, 5.41) is 3.00. The predicted octanol–water partition coefficient (Wildman–Crippen LogP) is 2.83. The average Bonchev–Trinajstić information content (AvgIpc) is 3.62. The first-order valence-corrected chi connectivity index (χ1v) is 13.3. The molecule has 2 aliphatic rings. The third-order valence-electron chi connectivity index (χ3n) is 6.45. The van der Waals surface area contributed by atoms with Gasteiger partial charge in [-0.1, -0.05) is 12.1 Å². The Morgan fingerprint density at radius 3 is 2.41 bits per heavy atom. The van der Waals surface area contributed by atoms with Crippen LogP contribution in [0, 0.1) is 5.82 Å². The number of nitrogens with zero attached hydrogens (tertiary/aromatic N) is 2. The van der Waals surface area contributed by atoms with Crippen LogP contribution in [0.1, 0.15) is 43.4 Å². The van der Waals surface area contributed by atoms with E-state index in [0.29, 0.717) is 6.42 Å². The summed E-state index contributed by atoms with van der Waals surface area (Å²) in [6, 6.07) is 11.1. The number of halogens is 1. The topological polar surface area (TPSA) is 81.7 Å². The number of aryl methyl sites for hydroxylation is 1. The standard InChI is InChI=1S/C25H33FN4O3S/c1-18(23-17-20(26)6-11-24(23)30-15-13-29(2)14-16-30)27-25(31)12-5-19-3-9-22(10-4-19)34(32,33)28-21-7-8-21/h3-4,6,9-11,17-18,21,28H,5,7-8,12-16H2,1-2H3,(H,27,31). The van der Waals surface area contributed by atoms with Crippen molar-refractivity contribution in [3.05, 3.63) is 59.4 Å². The highest BCUT2D eigenvalue weighted by Gasteiger charge is 2.28. The van der Waals surface area contributed by atoms with Crippen LogP contribution in [-0.2, 0) is 21.2 Å². The summed E-state index contributed by atoms with van der Waals surface area (Å²) in [5.41, 5.74) is 2.62. The van der Waals surface area contributed by atoms with Crippen molar-refractivity contribution in [2.24, 2.45) is 0 Å². The van der Waals surface area contributed by atoms with Crippen molar-refractivity contribution in [2.45, 2.75) is 49.6 Å². The van der Waals surface area contributed by atoms with Gasteiger partial charge in [0.2, 0.25) is 15.9 Å². The molecular weight excluding hydrogens is 455 g/mol.